The highest BCUT2D eigenvalue weighted by Crippen LogP contribution is 2.36. The van der Waals surface area contributed by atoms with Crippen LogP contribution in [-0.2, 0) is 4.74 Å². The molecule has 0 radical (unpaired) electrons. The number of carboxylic acid groups (broad SMARTS) is 1. The summed E-state index contributed by atoms with van der Waals surface area (Å²) < 4.78 is 19.5. The number of piperidine rings is 1. The molecule has 4 rings (SSSR count). The number of rotatable bonds is 5. The molecule has 1 aliphatic heterocycles. The van der Waals surface area contributed by atoms with Crippen molar-refractivity contribution in [3.63, 3.8) is 0 Å². The summed E-state index contributed by atoms with van der Waals surface area (Å²) in [4.78, 5) is 47.3. The number of fused-ring (bicyclic) bond motifs is 1. The van der Waals surface area contributed by atoms with Gasteiger partial charge in [-0.3, -0.25) is 20.1 Å². The second kappa shape index (κ2) is 10.5. The largest absolute Gasteiger partial charge is 0.465 e. The maximum atomic E-state index is 13.9. The average molecular weight is 531 g/mol. The molecule has 0 bridgehead atoms. The zero-order chi connectivity index (χ0) is 26.7. The van der Waals surface area contributed by atoms with Crippen LogP contribution in [0.25, 0.3) is 10.2 Å². The third-order valence-corrected chi connectivity index (χ3v) is 6.51. The number of nitrogens with zero attached hydrogens (tertiary/aromatic N) is 3. The number of hydrogen-bond donors (Lipinski definition) is 4. The van der Waals surface area contributed by atoms with Crippen molar-refractivity contribution >= 4 is 56.0 Å². The van der Waals surface area contributed by atoms with E-state index < -0.39 is 29.5 Å². The van der Waals surface area contributed by atoms with Gasteiger partial charge in [-0.15, -0.1) is 11.3 Å². The van der Waals surface area contributed by atoms with Crippen molar-refractivity contribution in [2.75, 3.05) is 28.6 Å². The van der Waals surface area contributed by atoms with E-state index in [1.165, 1.54) is 12.3 Å². The minimum absolute atomic E-state index is 0.0599. The second-order valence-electron chi connectivity index (χ2n) is 9.51. The lowest BCUT2D eigenvalue weighted by molar-refractivity contribution is 0.0636. The van der Waals surface area contributed by atoms with Crippen LogP contribution in [0.4, 0.5) is 30.4 Å². The fourth-order valence-corrected chi connectivity index (χ4v) is 5.15. The van der Waals surface area contributed by atoms with Crippen molar-refractivity contribution in [3.8, 4) is 0 Å². The Morgan fingerprint density at radius 2 is 2.03 bits per heavy atom. The van der Waals surface area contributed by atoms with Crippen molar-refractivity contribution in [2.24, 2.45) is 0 Å². The van der Waals surface area contributed by atoms with E-state index in [1.807, 2.05) is 4.90 Å². The van der Waals surface area contributed by atoms with E-state index in [0.717, 1.165) is 24.0 Å². The molecule has 3 amide bonds. The van der Waals surface area contributed by atoms with Gasteiger partial charge in [-0.05, 0) is 45.7 Å². The van der Waals surface area contributed by atoms with E-state index in [-0.39, 0.29) is 22.1 Å². The molecular formula is C24H27FN6O5S. The Morgan fingerprint density at radius 3 is 2.76 bits per heavy atom. The van der Waals surface area contributed by atoms with Crippen LogP contribution in [0.2, 0.25) is 0 Å². The predicted octanol–water partition coefficient (Wildman–Crippen LogP) is 4.67. The SMILES string of the molecule is CC(C)(C)OC(=O)Nc1sc2cc(F)cnc2c1C(=O)Nc1cnccc1N1CCC[C@H](NC(=O)O)C1. The molecule has 11 nitrogen and oxygen atoms in total. The summed E-state index contributed by atoms with van der Waals surface area (Å²) in [5.74, 6) is -1.16. The molecule has 3 aromatic rings. The van der Waals surface area contributed by atoms with E-state index in [1.54, 1.807) is 33.0 Å². The molecule has 196 valence electrons. The third kappa shape index (κ3) is 6.42. The number of nitrogens with one attached hydrogen (secondary N) is 3. The monoisotopic (exact) mass is 530 g/mol. The highest BCUT2D eigenvalue weighted by Gasteiger charge is 2.27. The standard InChI is InChI=1S/C24H27FN6O5S/c1-24(2,3)36-23(35)30-21-18(19-17(37-21)9-13(25)10-27-19)20(32)29-15-11-26-7-6-16(15)31-8-4-5-14(12-31)28-22(33)34/h6-7,9-11,14,28H,4-5,8,12H2,1-3H3,(H,29,32)(H,30,35)(H,33,34)/t14-/m0/s1. The fraction of sp³-hybridized carbons (Fsp3) is 0.375. The molecule has 0 aromatic carbocycles. The van der Waals surface area contributed by atoms with Gasteiger partial charge in [0.1, 0.15) is 22.0 Å². The number of amides is 3. The van der Waals surface area contributed by atoms with Gasteiger partial charge in [0.05, 0.1) is 34.0 Å². The molecule has 4 N–H and O–H groups in total. The zero-order valence-electron chi connectivity index (χ0n) is 20.5. The Bertz CT molecular complexity index is 1340. The van der Waals surface area contributed by atoms with Crippen LogP contribution >= 0.6 is 11.3 Å². The van der Waals surface area contributed by atoms with Gasteiger partial charge in [-0.1, -0.05) is 0 Å². The molecule has 1 atom stereocenters. The van der Waals surface area contributed by atoms with Crippen LogP contribution in [-0.4, -0.2) is 57.9 Å². The van der Waals surface area contributed by atoms with Crippen LogP contribution in [0.15, 0.2) is 30.7 Å². The first-order chi connectivity index (χ1) is 17.5. The van der Waals surface area contributed by atoms with E-state index in [2.05, 4.69) is 25.9 Å². The molecule has 1 saturated heterocycles. The maximum absolute atomic E-state index is 13.9. The first-order valence-electron chi connectivity index (χ1n) is 11.6. The summed E-state index contributed by atoms with van der Waals surface area (Å²) in [6, 6.07) is 2.72. The minimum Gasteiger partial charge on any atom is -0.465 e. The summed E-state index contributed by atoms with van der Waals surface area (Å²) in [6.07, 6.45) is 3.69. The number of hydrogen-bond acceptors (Lipinski definition) is 8. The maximum Gasteiger partial charge on any atom is 0.412 e. The van der Waals surface area contributed by atoms with Gasteiger partial charge in [-0.25, -0.2) is 14.0 Å². The Hall–Kier alpha value is -4.00. The molecule has 1 fully saturated rings. The van der Waals surface area contributed by atoms with Gasteiger partial charge in [0.25, 0.3) is 5.91 Å². The molecule has 0 saturated carbocycles. The van der Waals surface area contributed by atoms with Crippen LogP contribution < -0.4 is 20.9 Å². The molecule has 0 spiro atoms. The van der Waals surface area contributed by atoms with Crippen LogP contribution in [0.5, 0.6) is 0 Å². The number of pyridine rings is 2. The van der Waals surface area contributed by atoms with Gasteiger partial charge in [-0.2, -0.15) is 0 Å². The van der Waals surface area contributed by atoms with Crippen LogP contribution in [0, 0.1) is 5.82 Å². The summed E-state index contributed by atoms with van der Waals surface area (Å²) in [5, 5.41) is 17.2. The van der Waals surface area contributed by atoms with E-state index >= 15 is 0 Å². The van der Waals surface area contributed by atoms with Gasteiger partial charge < -0.3 is 25.4 Å². The van der Waals surface area contributed by atoms with Gasteiger partial charge >= 0.3 is 12.2 Å². The first-order valence-corrected chi connectivity index (χ1v) is 12.4. The van der Waals surface area contributed by atoms with Gasteiger partial charge in [0, 0.05) is 25.3 Å². The van der Waals surface area contributed by atoms with Gasteiger partial charge in [0.2, 0.25) is 0 Å². The number of carbonyl (C=O) groups is 3. The fourth-order valence-electron chi connectivity index (χ4n) is 4.08. The number of carbonyl (C=O) groups excluding carboxylic acids is 2. The van der Waals surface area contributed by atoms with Crippen molar-refractivity contribution in [1.29, 1.82) is 0 Å². The van der Waals surface area contributed by atoms with E-state index in [0.29, 0.717) is 35.6 Å². The molecule has 37 heavy (non-hydrogen) atoms. The number of aromatic nitrogens is 2. The topological polar surface area (TPSA) is 146 Å². The Balaban J connectivity index is 1.64. The van der Waals surface area contributed by atoms with Crippen molar-refractivity contribution in [1.82, 2.24) is 15.3 Å². The predicted molar refractivity (Wildman–Crippen MR) is 138 cm³/mol. The highest BCUT2D eigenvalue weighted by atomic mass is 32.1. The Morgan fingerprint density at radius 1 is 1.24 bits per heavy atom. The lowest BCUT2D eigenvalue weighted by Crippen LogP contribution is -2.47. The van der Waals surface area contributed by atoms with E-state index in [9.17, 15) is 18.8 Å². The van der Waals surface area contributed by atoms with Crippen molar-refractivity contribution < 1.29 is 28.6 Å². The summed E-state index contributed by atoms with van der Waals surface area (Å²) in [5.41, 5.74) is 0.586. The van der Waals surface area contributed by atoms with Crippen LogP contribution in [0.1, 0.15) is 44.0 Å². The second-order valence-corrected chi connectivity index (χ2v) is 10.6. The normalized spacial score (nSPS) is 15.8. The van der Waals surface area contributed by atoms with Crippen LogP contribution in [0.3, 0.4) is 0 Å². The zero-order valence-corrected chi connectivity index (χ0v) is 21.3. The molecule has 0 unspecified atom stereocenters. The molecule has 4 heterocycles. The van der Waals surface area contributed by atoms with Gasteiger partial charge in [0.15, 0.2) is 0 Å². The molecule has 1 aliphatic rings. The van der Waals surface area contributed by atoms with E-state index in [4.69, 9.17) is 9.84 Å². The summed E-state index contributed by atoms with van der Waals surface area (Å²) >= 11 is 1.00. The lowest BCUT2D eigenvalue weighted by atomic mass is 10.0. The number of thiophene rings is 1. The third-order valence-electron chi connectivity index (χ3n) is 5.47. The average Bonchev–Trinajstić information content (AvgIpc) is 3.14. The molecule has 13 heteroatoms. The summed E-state index contributed by atoms with van der Waals surface area (Å²) in [7, 11) is 0. The Kier molecular flexibility index (Phi) is 7.43. The van der Waals surface area contributed by atoms with Crippen molar-refractivity contribution in [2.45, 2.75) is 45.3 Å². The number of anilines is 3. The number of halogens is 1. The summed E-state index contributed by atoms with van der Waals surface area (Å²) in [6.45, 7) is 6.22. The first kappa shape index (κ1) is 26.1. The minimum atomic E-state index is -1.09. The number of ether oxygens (including phenoxy) is 1. The highest BCUT2D eigenvalue weighted by molar-refractivity contribution is 7.23. The smallest absolute Gasteiger partial charge is 0.412 e. The quantitative estimate of drug-likeness (QED) is 0.372. The molecule has 3 aromatic heterocycles. The van der Waals surface area contributed by atoms with Crippen molar-refractivity contribution in [3.05, 3.63) is 42.1 Å². The molecular weight excluding hydrogens is 503 g/mol. The molecule has 0 aliphatic carbocycles. The Labute approximate surface area is 216 Å². The lowest BCUT2D eigenvalue weighted by Gasteiger charge is -2.35.